The Morgan fingerprint density at radius 2 is 1.86 bits per heavy atom. The van der Waals surface area contributed by atoms with Crippen molar-refractivity contribution in [2.24, 2.45) is 0 Å². The van der Waals surface area contributed by atoms with Crippen molar-refractivity contribution in [3.8, 4) is 22.6 Å². The van der Waals surface area contributed by atoms with Crippen LogP contribution >= 0.6 is 0 Å². The van der Waals surface area contributed by atoms with Crippen molar-refractivity contribution in [2.75, 3.05) is 58.2 Å². The Labute approximate surface area is 247 Å². The van der Waals surface area contributed by atoms with E-state index in [4.69, 9.17) is 0 Å². The van der Waals surface area contributed by atoms with Crippen molar-refractivity contribution >= 4 is 39.8 Å². The Morgan fingerprint density at radius 3 is 2.65 bits per heavy atom. The van der Waals surface area contributed by atoms with Crippen molar-refractivity contribution < 1.29 is 14.7 Å². The number of fused-ring (bicyclic) bond motifs is 2. The Kier molecular flexibility index (Phi) is 7.94. The van der Waals surface area contributed by atoms with Gasteiger partial charge in [-0.15, -0.1) is 0 Å². The molecule has 6 heterocycles. The summed E-state index contributed by atoms with van der Waals surface area (Å²) >= 11 is 0. The van der Waals surface area contributed by atoms with Gasteiger partial charge in [0.05, 0.1) is 35.0 Å². The average molecular weight is 584 g/mol. The monoisotopic (exact) mass is 583 g/mol. The van der Waals surface area contributed by atoms with E-state index in [1.165, 1.54) is 0 Å². The molecule has 0 spiro atoms. The lowest BCUT2D eigenvalue weighted by molar-refractivity contribution is 0.0723. The number of hydrogen-bond donors (Lipinski definition) is 4. The summed E-state index contributed by atoms with van der Waals surface area (Å²) in [4.78, 5) is 52.9. The van der Waals surface area contributed by atoms with Crippen LogP contribution in [0.3, 0.4) is 0 Å². The summed E-state index contributed by atoms with van der Waals surface area (Å²) in [5.74, 6) is 0.253. The number of aromatic amines is 2. The maximum absolute atomic E-state index is 13.3. The van der Waals surface area contributed by atoms with Crippen molar-refractivity contribution in [1.82, 2.24) is 49.8 Å². The summed E-state index contributed by atoms with van der Waals surface area (Å²) in [6, 6.07) is 5.30. The minimum Gasteiger partial charge on any atom is -0.395 e. The number of imidazole rings is 1. The average Bonchev–Trinajstić information content (AvgIpc) is 3.65. The van der Waals surface area contributed by atoms with Gasteiger partial charge in [-0.2, -0.15) is 5.10 Å². The molecule has 1 aliphatic heterocycles. The van der Waals surface area contributed by atoms with Crippen molar-refractivity contribution in [3.63, 3.8) is 0 Å². The minimum absolute atomic E-state index is 0.120. The number of H-pyrrole nitrogens is 2. The molecule has 222 valence electrons. The number of carbonyl (C=O) groups excluding carboxylic acids is 2. The number of amides is 3. The Bertz CT molecular complexity index is 1770. The third-order valence-electron chi connectivity index (χ3n) is 7.53. The Hall–Kier alpha value is -4.95. The van der Waals surface area contributed by atoms with E-state index in [0.717, 1.165) is 30.6 Å². The lowest BCUT2D eigenvalue weighted by Crippen LogP contribution is -2.48. The fraction of sp³-hybridized carbons (Fsp3) is 0.345. The van der Waals surface area contributed by atoms with Gasteiger partial charge in [-0.05, 0) is 31.7 Å². The van der Waals surface area contributed by atoms with E-state index in [0.29, 0.717) is 64.6 Å². The normalized spacial score (nSPS) is 14.0. The molecule has 14 heteroatoms. The quantitative estimate of drug-likeness (QED) is 0.214. The number of anilines is 1. The highest BCUT2D eigenvalue weighted by Crippen LogP contribution is 2.30. The van der Waals surface area contributed by atoms with E-state index < -0.39 is 0 Å². The van der Waals surface area contributed by atoms with Gasteiger partial charge in [0.2, 0.25) is 0 Å². The standard InChI is InChI=1S/C29H33N11O3/c1-3-6-39(11-12-41)28(42)21-4-5-31-26-23(21)34-27(35-26)24-22-14-19(16-32-25(22)37-36-24)18-13-20(17-30-15-18)33-29(43)40-9-7-38(2)8-10-40/h4-5,13-17,41H,3,6-12H2,1-2H3,(H,33,43)(H,31,34,35)(H,32,36,37). The van der Waals surface area contributed by atoms with Crippen LogP contribution in [0.25, 0.3) is 44.8 Å². The fourth-order valence-corrected chi connectivity index (χ4v) is 5.20. The highest BCUT2D eigenvalue weighted by molar-refractivity contribution is 6.05. The zero-order valence-corrected chi connectivity index (χ0v) is 24.0. The molecule has 3 amide bonds. The number of nitrogens with one attached hydrogen (secondary N) is 3. The van der Waals surface area contributed by atoms with Gasteiger partial charge in [-0.1, -0.05) is 6.92 Å². The van der Waals surface area contributed by atoms with Crippen molar-refractivity contribution in [1.29, 1.82) is 0 Å². The summed E-state index contributed by atoms with van der Waals surface area (Å²) in [5.41, 5.74) is 4.55. The zero-order chi connectivity index (χ0) is 29.9. The number of carbonyl (C=O) groups is 2. The maximum atomic E-state index is 13.3. The minimum atomic E-state index is -0.205. The molecule has 14 nitrogen and oxygen atoms in total. The predicted molar refractivity (Wildman–Crippen MR) is 161 cm³/mol. The molecule has 6 rings (SSSR count). The third-order valence-corrected chi connectivity index (χ3v) is 7.53. The first-order valence-corrected chi connectivity index (χ1v) is 14.2. The van der Waals surface area contributed by atoms with E-state index in [1.807, 2.05) is 26.1 Å². The highest BCUT2D eigenvalue weighted by atomic mass is 16.3. The summed E-state index contributed by atoms with van der Waals surface area (Å²) in [6.07, 6.45) is 7.36. The second-order valence-electron chi connectivity index (χ2n) is 10.5. The van der Waals surface area contributed by atoms with Crippen LogP contribution in [0.1, 0.15) is 23.7 Å². The van der Waals surface area contributed by atoms with Gasteiger partial charge in [-0.25, -0.2) is 19.7 Å². The third kappa shape index (κ3) is 5.74. The number of hydrogen-bond acceptors (Lipinski definition) is 9. The molecule has 5 aromatic rings. The SMILES string of the molecule is CCCN(CCO)C(=O)c1ccnc2nc(-c3[nH]nc4ncc(-c5cncc(NC(=O)N6CCN(C)CC6)c5)cc34)[nH]c12. The first kappa shape index (κ1) is 28.2. The molecule has 43 heavy (non-hydrogen) atoms. The summed E-state index contributed by atoms with van der Waals surface area (Å²) in [6.45, 7) is 5.65. The number of urea groups is 1. The maximum Gasteiger partial charge on any atom is 0.321 e. The second-order valence-corrected chi connectivity index (χ2v) is 10.5. The Balaban J connectivity index is 1.29. The fourth-order valence-electron chi connectivity index (χ4n) is 5.20. The number of rotatable bonds is 8. The largest absolute Gasteiger partial charge is 0.395 e. The molecular weight excluding hydrogens is 550 g/mol. The molecule has 0 aromatic carbocycles. The molecule has 0 radical (unpaired) electrons. The lowest BCUT2D eigenvalue weighted by atomic mass is 10.1. The van der Waals surface area contributed by atoms with E-state index in [2.05, 4.69) is 45.3 Å². The molecular formula is C29H33N11O3. The van der Waals surface area contributed by atoms with Crippen molar-refractivity contribution in [3.05, 3.63) is 48.5 Å². The number of pyridine rings is 3. The Morgan fingerprint density at radius 1 is 1.05 bits per heavy atom. The van der Waals surface area contributed by atoms with Gasteiger partial charge in [0.1, 0.15) is 5.69 Å². The van der Waals surface area contributed by atoms with Crippen LogP contribution in [0.2, 0.25) is 0 Å². The molecule has 1 saturated heterocycles. The zero-order valence-electron chi connectivity index (χ0n) is 24.0. The van der Waals surface area contributed by atoms with Crippen LogP contribution in [0, 0.1) is 0 Å². The molecule has 0 saturated carbocycles. The van der Waals surface area contributed by atoms with Gasteiger partial charge in [0.25, 0.3) is 5.91 Å². The molecule has 0 bridgehead atoms. The van der Waals surface area contributed by atoms with Crippen LogP contribution in [-0.4, -0.2) is 120 Å². The van der Waals surface area contributed by atoms with Crippen molar-refractivity contribution in [2.45, 2.75) is 13.3 Å². The molecule has 4 N–H and O–H groups in total. The molecule has 0 atom stereocenters. The van der Waals surface area contributed by atoms with E-state index in [-0.39, 0.29) is 25.1 Å². The first-order chi connectivity index (χ1) is 20.9. The van der Waals surface area contributed by atoms with Crippen LogP contribution in [-0.2, 0) is 0 Å². The van der Waals surface area contributed by atoms with Gasteiger partial charge < -0.3 is 30.1 Å². The molecule has 1 fully saturated rings. The van der Waals surface area contributed by atoms with Gasteiger partial charge in [0, 0.05) is 69.0 Å². The number of nitrogens with zero attached hydrogens (tertiary/aromatic N) is 8. The number of piperazine rings is 1. The summed E-state index contributed by atoms with van der Waals surface area (Å²) in [7, 11) is 2.05. The van der Waals surface area contributed by atoms with E-state index in [9.17, 15) is 14.7 Å². The second kappa shape index (κ2) is 12.1. The smallest absolute Gasteiger partial charge is 0.321 e. The first-order valence-electron chi connectivity index (χ1n) is 14.2. The van der Waals surface area contributed by atoms with Gasteiger partial charge in [-0.3, -0.25) is 14.9 Å². The topological polar surface area (TPSA) is 172 Å². The summed E-state index contributed by atoms with van der Waals surface area (Å²) in [5, 5.41) is 20.5. The number of aromatic nitrogens is 7. The van der Waals surface area contributed by atoms with Gasteiger partial charge >= 0.3 is 6.03 Å². The highest BCUT2D eigenvalue weighted by Gasteiger charge is 2.22. The number of likely N-dealkylation sites (N-methyl/N-ethyl adjacent to an activating group) is 1. The van der Waals surface area contributed by atoms with E-state index in [1.54, 1.807) is 40.7 Å². The molecule has 1 aliphatic rings. The number of aliphatic hydroxyl groups is 1. The molecule has 5 aromatic heterocycles. The van der Waals surface area contributed by atoms with Crippen LogP contribution in [0.15, 0.2) is 43.0 Å². The predicted octanol–water partition coefficient (Wildman–Crippen LogP) is 2.58. The summed E-state index contributed by atoms with van der Waals surface area (Å²) < 4.78 is 0. The molecule has 0 aliphatic carbocycles. The van der Waals surface area contributed by atoms with Crippen LogP contribution in [0.5, 0.6) is 0 Å². The molecule has 0 unspecified atom stereocenters. The number of aliphatic hydroxyl groups excluding tert-OH is 1. The lowest BCUT2D eigenvalue weighted by Gasteiger charge is -2.32. The van der Waals surface area contributed by atoms with Crippen LogP contribution < -0.4 is 5.32 Å². The van der Waals surface area contributed by atoms with E-state index >= 15 is 0 Å². The van der Waals surface area contributed by atoms with Crippen LogP contribution in [0.4, 0.5) is 10.5 Å². The van der Waals surface area contributed by atoms with Gasteiger partial charge in [0.15, 0.2) is 17.1 Å².